The summed E-state index contributed by atoms with van der Waals surface area (Å²) in [5.41, 5.74) is -0.0368. The van der Waals surface area contributed by atoms with Gasteiger partial charge in [0.15, 0.2) is 0 Å². The molecule has 1 aromatic heterocycles. The van der Waals surface area contributed by atoms with E-state index in [0.717, 1.165) is 21.5 Å². The van der Waals surface area contributed by atoms with E-state index < -0.39 is 0 Å². The van der Waals surface area contributed by atoms with Gasteiger partial charge in [-0.2, -0.15) is 0 Å². The van der Waals surface area contributed by atoms with E-state index in [-0.39, 0.29) is 5.41 Å². The van der Waals surface area contributed by atoms with Gasteiger partial charge in [0.05, 0.1) is 7.11 Å². The van der Waals surface area contributed by atoms with E-state index >= 15 is 0 Å². The molecule has 0 bridgehead atoms. The molecule has 1 aromatic carbocycles. The quantitative estimate of drug-likeness (QED) is 0.794. The van der Waals surface area contributed by atoms with Gasteiger partial charge in [-0.3, -0.25) is 0 Å². The minimum absolute atomic E-state index is 0.0368. The minimum atomic E-state index is -0.0368. The molecule has 0 N–H and O–H groups in total. The van der Waals surface area contributed by atoms with Gasteiger partial charge in [-0.15, -0.1) is 0 Å². The SMILES string of the molecule is COc1cccc(Sc2ccnc(C(C)(C)C)n2)c1. The second-order valence-electron chi connectivity index (χ2n) is 5.25. The van der Waals surface area contributed by atoms with Gasteiger partial charge >= 0.3 is 0 Å². The van der Waals surface area contributed by atoms with Crippen LogP contribution in [0.25, 0.3) is 0 Å². The lowest BCUT2D eigenvalue weighted by atomic mass is 9.96. The molecule has 0 amide bonds. The van der Waals surface area contributed by atoms with Gasteiger partial charge in [0, 0.05) is 16.5 Å². The third-order valence-corrected chi connectivity index (χ3v) is 3.49. The molecule has 4 heteroatoms. The van der Waals surface area contributed by atoms with Gasteiger partial charge in [0.25, 0.3) is 0 Å². The smallest absolute Gasteiger partial charge is 0.134 e. The van der Waals surface area contributed by atoms with E-state index in [2.05, 4.69) is 30.7 Å². The molecule has 0 saturated heterocycles. The van der Waals surface area contributed by atoms with E-state index in [0.29, 0.717) is 0 Å². The minimum Gasteiger partial charge on any atom is -0.497 e. The Kier molecular flexibility index (Phi) is 4.10. The average molecular weight is 274 g/mol. The lowest BCUT2D eigenvalue weighted by molar-refractivity contribution is 0.413. The van der Waals surface area contributed by atoms with Gasteiger partial charge in [-0.05, 0) is 24.3 Å². The molecule has 0 aliphatic heterocycles. The van der Waals surface area contributed by atoms with Gasteiger partial charge in [0.1, 0.15) is 16.6 Å². The summed E-state index contributed by atoms with van der Waals surface area (Å²) in [6, 6.07) is 9.90. The van der Waals surface area contributed by atoms with Crippen LogP contribution in [0.3, 0.4) is 0 Å². The van der Waals surface area contributed by atoms with Crippen LogP contribution in [0.4, 0.5) is 0 Å². The molecule has 2 rings (SSSR count). The molecule has 100 valence electrons. The molecule has 0 unspecified atom stereocenters. The standard InChI is InChI=1S/C15H18N2OS/c1-15(2,3)14-16-9-8-13(17-14)19-12-7-5-6-11(10-12)18-4/h5-10H,1-4H3. The predicted octanol–water partition coefficient (Wildman–Crippen LogP) is 3.93. The van der Waals surface area contributed by atoms with E-state index in [9.17, 15) is 0 Å². The Balaban J connectivity index is 2.23. The molecule has 0 saturated carbocycles. The Labute approximate surface area is 118 Å². The van der Waals surface area contributed by atoms with E-state index in [4.69, 9.17) is 4.74 Å². The summed E-state index contributed by atoms with van der Waals surface area (Å²) < 4.78 is 5.22. The highest BCUT2D eigenvalue weighted by Crippen LogP contribution is 2.29. The molecule has 0 spiro atoms. The Morgan fingerprint density at radius 3 is 2.63 bits per heavy atom. The fourth-order valence-corrected chi connectivity index (χ4v) is 2.37. The number of hydrogen-bond donors (Lipinski definition) is 0. The normalized spacial score (nSPS) is 11.4. The van der Waals surface area contributed by atoms with Gasteiger partial charge in [-0.1, -0.05) is 38.6 Å². The highest BCUT2D eigenvalue weighted by molar-refractivity contribution is 7.99. The molecule has 0 atom stereocenters. The van der Waals surface area contributed by atoms with Crippen molar-refractivity contribution >= 4 is 11.8 Å². The monoisotopic (exact) mass is 274 g/mol. The van der Waals surface area contributed by atoms with Crippen molar-refractivity contribution in [1.82, 2.24) is 9.97 Å². The fraction of sp³-hybridized carbons (Fsp3) is 0.333. The molecule has 3 nitrogen and oxygen atoms in total. The van der Waals surface area contributed by atoms with Crippen molar-refractivity contribution in [3.05, 3.63) is 42.4 Å². The highest BCUT2D eigenvalue weighted by Gasteiger charge is 2.17. The number of methoxy groups -OCH3 is 1. The second-order valence-corrected chi connectivity index (χ2v) is 6.34. The van der Waals surface area contributed by atoms with E-state index in [1.54, 1.807) is 18.9 Å². The molecule has 0 fully saturated rings. The van der Waals surface area contributed by atoms with Crippen molar-refractivity contribution < 1.29 is 4.74 Å². The van der Waals surface area contributed by atoms with Crippen LogP contribution in [0.2, 0.25) is 0 Å². The number of benzene rings is 1. The van der Waals surface area contributed by atoms with Gasteiger partial charge < -0.3 is 4.74 Å². The summed E-state index contributed by atoms with van der Waals surface area (Å²) >= 11 is 1.62. The summed E-state index contributed by atoms with van der Waals surface area (Å²) in [4.78, 5) is 10.1. The zero-order chi connectivity index (χ0) is 13.9. The lowest BCUT2D eigenvalue weighted by Gasteiger charge is -2.16. The van der Waals surface area contributed by atoms with Crippen molar-refractivity contribution in [1.29, 1.82) is 0 Å². The number of hydrogen-bond acceptors (Lipinski definition) is 4. The number of rotatable bonds is 3. The van der Waals surface area contributed by atoms with Gasteiger partial charge in [-0.25, -0.2) is 9.97 Å². The van der Waals surface area contributed by atoms with Crippen LogP contribution in [-0.4, -0.2) is 17.1 Å². The largest absolute Gasteiger partial charge is 0.497 e. The third-order valence-electron chi connectivity index (χ3n) is 2.56. The highest BCUT2D eigenvalue weighted by atomic mass is 32.2. The Bertz CT molecular complexity index is 564. The first-order valence-electron chi connectivity index (χ1n) is 6.14. The zero-order valence-electron chi connectivity index (χ0n) is 11.7. The number of aromatic nitrogens is 2. The summed E-state index contributed by atoms with van der Waals surface area (Å²) in [6.45, 7) is 6.34. The number of ether oxygens (including phenoxy) is 1. The molecule has 0 radical (unpaired) electrons. The Morgan fingerprint density at radius 2 is 1.95 bits per heavy atom. The maximum Gasteiger partial charge on any atom is 0.134 e. The molecule has 19 heavy (non-hydrogen) atoms. The predicted molar refractivity (Wildman–Crippen MR) is 77.8 cm³/mol. The van der Waals surface area contributed by atoms with Crippen molar-refractivity contribution in [3.63, 3.8) is 0 Å². The Hall–Kier alpha value is -1.55. The summed E-state index contributed by atoms with van der Waals surface area (Å²) in [5, 5.41) is 0.952. The maximum absolute atomic E-state index is 5.22. The summed E-state index contributed by atoms with van der Waals surface area (Å²) in [5.74, 6) is 1.72. The van der Waals surface area contributed by atoms with Crippen LogP contribution < -0.4 is 4.74 Å². The van der Waals surface area contributed by atoms with Crippen molar-refractivity contribution in [2.24, 2.45) is 0 Å². The van der Waals surface area contributed by atoms with E-state index in [1.807, 2.05) is 36.5 Å². The van der Waals surface area contributed by atoms with E-state index in [1.165, 1.54) is 0 Å². The van der Waals surface area contributed by atoms with Crippen LogP contribution in [0, 0.1) is 0 Å². The van der Waals surface area contributed by atoms with Gasteiger partial charge in [0.2, 0.25) is 0 Å². The lowest BCUT2D eigenvalue weighted by Crippen LogP contribution is -2.15. The maximum atomic E-state index is 5.22. The molecular weight excluding hydrogens is 256 g/mol. The molecule has 0 aliphatic carbocycles. The zero-order valence-corrected chi connectivity index (χ0v) is 12.5. The second kappa shape index (κ2) is 5.61. The van der Waals surface area contributed by atoms with Crippen LogP contribution in [0.5, 0.6) is 5.75 Å². The first-order chi connectivity index (χ1) is 8.99. The summed E-state index contributed by atoms with van der Waals surface area (Å²) in [6.07, 6.45) is 1.82. The molecule has 0 aliphatic rings. The average Bonchev–Trinajstić information content (AvgIpc) is 2.38. The Morgan fingerprint density at radius 1 is 1.16 bits per heavy atom. The first-order valence-corrected chi connectivity index (χ1v) is 6.96. The van der Waals surface area contributed by atoms with Crippen molar-refractivity contribution in [2.75, 3.05) is 7.11 Å². The molecule has 1 heterocycles. The molecular formula is C15H18N2OS. The van der Waals surface area contributed by atoms with Crippen LogP contribution in [0.15, 0.2) is 46.5 Å². The number of nitrogens with zero attached hydrogens (tertiary/aromatic N) is 2. The third kappa shape index (κ3) is 3.70. The van der Waals surface area contributed by atoms with Crippen LogP contribution in [0.1, 0.15) is 26.6 Å². The van der Waals surface area contributed by atoms with Crippen molar-refractivity contribution in [2.45, 2.75) is 36.1 Å². The topological polar surface area (TPSA) is 35.0 Å². The fourth-order valence-electron chi connectivity index (χ4n) is 1.55. The molecule has 2 aromatic rings. The van der Waals surface area contributed by atoms with Crippen molar-refractivity contribution in [3.8, 4) is 5.75 Å². The van der Waals surface area contributed by atoms with Crippen LogP contribution >= 0.6 is 11.8 Å². The van der Waals surface area contributed by atoms with Crippen LogP contribution in [-0.2, 0) is 5.41 Å². The summed E-state index contributed by atoms with van der Waals surface area (Å²) in [7, 11) is 1.67. The first kappa shape index (κ1) is 13.9.